The Balaban J connectivity index is 1.44. The molecule has 8 heteroatoms. The van der Waals surface area contributed by atoms with Crippen LogP contribution in [0.5, 0.6) is 0 Å². The Hall–Kier alpha value is -2.32. The highest BCUT2D eigenvalue weighted by Crippen LogP contribution is 2.42. The minimum absolute atomic E-state index is 0.0530. The van der Waals surface area contributed by atoms with Gasteiger partial charge < -0.3 is 9.64 Å². The number of rotatable bonds is 6. The summed E-state index contributed by atoms with van der Waals surface area (Å²) in [4.78, 5) is 15.9. The summed E-state index contributed by atoms with van der Waals surface area (Å²) in [6, 6.07) is 6.10. The zero-order chi connectivity index (χ0) is 21.3. The molecule has 0 spiro atoms. The molecular formula is C22H28F2N4O2. The van der Waals surface area contributed by atoms with E-state index in [4.69, 9.17) is 4.74 Å². The van der Waals surface area contributed by atoms with Crippen LogP contribution >= 0.6 is 0 Å². The van der Waals surface area contributed by atoms with Crippen LogP contribution in [0.4, 0.5) is 8.78 Å². The van der Waals surface area contributed by atoms with Crippen molar-refractivity contribution in [2.45, 2.75) is 31.5 Å². The van der Waals surface area contributed by atoms with E-state index in [1.54, 1.807) is 26.4 Å². The summed E-state index contributed by atoms with van der Waals surface area (Å²) < 4.78 is 34.8. The number of likely N-dealkylation sites (tertiary alicyclic amines) is 1. The van der Waals surface area contributed by atoms with Gasteiger partial charge in [0.1, 0.15) is 6.61 Å². The van der Waals surface area contributed by atoms with Crippen LogP contribution in [0.25, 0.3) is 0 Å². The van der Waals surface area contributed by atoms with Crippen LogP contribution in [0, 0.1) is 23.5 Å². The number of amides is 1. The van der Waals surface area contributed by atoms with Crippen molar-refractivity contribution >= 4 is 5.91 Å². The maximum atomic E-state index is 13.6. The SMILES string of the molecule is CN(C)C(=O)CO[C@H]1C[C@@H]2CN(Cc3ccc(F)c(F)c3)C[C@@H]2C[C@@H]1n1cccn1. The summed E-state index contributed by atoms with van der Waals surface area (Å²) in [6.07, 6.45) is 5.39. The lowest BCUT2D eigenvalue weighted by Crippen LogP contribution is -2.40. The molecule has 0 N–H and O–H groups in total. The Labute approximate surface area is 175 Å². The Kier molecular flexibility index (Phi) is 6.15. The van der Waals surface area contributed by atoms with E-state index in [1.165, 1.54) is 17.0 Å². The number of nitrogens with zero attached hydrogens (tertiary/aromatic N) is 4. The minimum atomic E-state index is -0.817. The summed E-state index contributed by atoms with van der Waals surface area (Å²) in [5, 5.41) is 4.42. The number of halogens is 2. The molecule has 1 aliphatic heterocycles. The molecule has 4 atom stereocenters. The second kappa shape index (κ2) is 8.81. The van der Waals surface area contributed by atoms with Crippen LogP contribution in [0.2, 0.25) is 0 Å². The summed E-state index contributed by atoms with van der Waals surface area (Å²) in [7, 11) is 3.45. The molecule has 2 heterocycles. The number of likely N-dealkylation sites (N-methyl/N-ethyl adjacent to an activating group) is 1. The first kappa shape index (κ1) is 20.9. The normalized spacial score (nSPS) is 26.5. The molecule has 1 saturated heterocycles. The lowest BCUT2D eigenvalue weighted by molar-refractivity contribution is -0.138. The molecule has 1 aromatic heterocycles. The van der Waals surface area contributed by atoms with E-state index in [0.717, 1.165) is 31.5 Å². The number of fused-ring (bicyclic) bond motifs is 1. The van der Waals surface area contributed by atoms with Crippen LogP contribution < -0.4 is 0 Å². The second-order valence-electron chi connectivity index (χ2n) is 8.63. The van der Waals surface area contributed by atoms with E-state index in [9.17, 15) is 13.6 Å². The van der Waals surface area contributed by atoms with Gasteiger partial charge in [0.15, 0.2) is 11.6 Å². The first-order valence-electron chi connectivity index (χ1n) is 10.4. The van der Waals surface area contributed by atoms with Crippen LogP contribution in [0.1, 0.15) is 24.4 Å². The van der Waals surface area contributed by atoms with Crippen LogP contribution in [0.3, 0.4) is 0 Å². The third-order valence-corrected chi connectivity index (χ3v) is 6.34. The molecule has 162 valence electrons. The zero-order valence-electron chi connectivity index (χ0n) is 17.4. The number of benzene rings is 1. The largest absolute Gasteiger partial charge is 0.366 e. The van der Waals surface area contributed by atoms with Crippen molar-refractivity contribution < 1.29 is 18.3 Å². The standard InChI is InChI=1S/C22H28F2N4O2/c1-26(2)22(29)14-30-21-10-17-13-27(11-15-4-5-18(23)19(24)8-15)12-16(17)9-20(21)28-7-3-6-25-28/h3-8,16-17,20-21H,9-14H2,1-2H3/t16-,17+,20-,21-/m0/s1. The van der Waals surface area contributed by atoms with E-state index in [0.29, 0.717) is 18.4 Å². The Morgan fingerprint density at radius 3 is 2.63 bits per heavy atom. The fraction of sp³-hybridized carbons (Fsp3) is 0.545. The number of ether oxygens (including phenoxy) is 1. The molecule has 0 radical (unpaired) electrons. The second-order valence-corrected chi connectivity index (χ2v) is 8.63. The van der Waals surface area contributed by atoms with E-state index in [1.807, 2.05) is 16.9 Å². The minimum Gasteiger partial charge on any atom is -0.366 e. The van der Waals surface area contributed by atoms with Crippen molar-refractivity contribution in [1.29, 1.82) is 0 Å². The van der Waals surface area contributed by atoms with Crippen LogP contribution in [-0.4, -0.2) is 65.4 Å². The number of aromatic nitrogens is 2. The third kappa shape index (κ3) is 4.54. The molecule has 1 aromatic carbocycles. The predicted molar refractivity (Wildman–Crippen MR) is 108 cm³/mol. The number of hydrogen-bond acceptors (Lipinski definition) is 4. The molecule has 1 amide bonds. The van der Waals surface area contributed by atoms with Crippen molar-refractivity contribution in [3.8, 4) is 0 Å². The Morgan fingerprint density at radius 1 is 1.20 bits per heavy atom. The number of carbonyl (C=O) groups is 1. The van der Waals surface area contributed by atoms with Gasteiger partial charge in [0, 0.05) is 46.1 Å². The van der Waals surface area contributed by atoms with E-state index < -0.39 is 11.6 Å². The summed E-state index contributed by atoms with van der Waals surface area (Å²) in [5.41, 5.74) is 0.778. The first-order valence-corrected chi connectivity index (χ1v) is 10.4. The van der Waals surface area contributed by atoms with Gasteiger partial charge in [-0.2, -0.15) is 5.10 Å². The highest BCUT2D eigenvalue weighted by molar-refractivity contribution is 5.76. The van der Waals surface area contributed by atoms with Gasteiger partial charge >= 0.3 is 0 Å². The average molecular weight is 418 g/mol. The fourth-order valence-electron chi connectivity index (χ4n) is 4.75. The molecule has 6 nitrogen and oxygen atoms in total. The number of hydrogen-bond donors (Lipinski definition) is 0. The van der Waals surface area contributed by atoms with Gasteiger partial charge in [-0.15, -0.1) is 0 Å². The molecule has 2 aliphatic rings. The quantitative estimate of drug-likeness (QED) is 0.724. The molecule has 0 bridgehead atoms. The van der Waals surface area contributed by atoms with Gasteiger partial charge in [-0.1, -0.05) is 6.07 Å². The molecule has 1 aliphatic carbocycles. The average Bonchev–Trinajstić information content (AvgIpc) is 3.37. The molecule has 2 aromatic rings. The Bertz CT molecular complexity index is 874. The molecule has 30 heavy (non-hydrogen) atoms. The van der Waals surface area contributed by atoms with Gasteiger partial charge in [-0.3, -0.25) is 14.4 Å². The van der Waals surface area contributed by atoms with Crippen molar-refractivity contribution in [3.63, 3.8) is 0 Å². The third-order valence-electron chi connectivity index (χ3n) is 6.34. The Morgan fingerprint density at radius 2 is 1.97 bits per heavy atom. The van der Waals surface area contributed by atoms with Crippen molar-refractivity contribution in [3.05, 3.63) is 53.9 Å². The molecular weight excluding hydrogens is 390 g/mol. The smallest absolute Gasteiger partial charge is 0.248 e. The van der Waals surface area contributed by atoms with Gasteiger partial charge in [0.05, 0.1) is 12.1 Å². The van der Waals surface area contributed by atoms with E-state index >= 15 is 0 Å². The van der Waals surface area contributed by atoms with Crippen molar-refractivity contribution in [1.82, 2.24) is 19.6 Å². The maximum absolute atomic E-state index is 13.6. The first-order chi connectivity index (χ1) is 14.4. The van der Waals surface area contributed by atoms with E-state index in [2.05, 4.69) is 10.00 Å². The maximum Gasteiger partial charge on any atom is 0.248 e. The predicted octanol–water partition coefficient (Wildman–Crippen LogP) is 2.72. The van der Waals surface area contributed by atoms with Gasteiger partial charge in [0.2, 0.25) is 5.91 Å². The molecule has 4 rings (SSSR count). The fourth-order valence-corrected chi connectivity index (χ4v) is 4.75. The highest BCUT2D eigenvalue weighted by atomic mass is 19.2. The van der Waals surface area contributed by atoms with Crippen LogP contribution in [-0.2, 0) is 16.1 Å². The molecule has 1 saturated carbocycles. The van der Waals surface area contributed by atoms with Gasteiger partial charge in [-0.05, 0) is 48.4 Å². The zero-order valence-corrected chi connectivity index (χ0v) is 17.4. The molecule has 2 fully saturated rings. The van der Waals surface area contributed by atoms with E-state index in [-0.39, 0.29) is 24.7 Å². The summed E-state index contributed by atoms with van der Waals surface area (Å²) in [6.45, 7) is 2.45. The van der Waals surface area contributed by atoms with Gasteiger partial charge in [-0.25, -0.2) is 8.78 Å². The molecule has 0 unspecified atom stereocenters. The highest BCUT2D eigenvalue weighted by Gasteiger charge is 2.43. The van der Waals surface area contributed by atoms with Crippen LogP contribution in [0.15, 0.2) is 36.7 Å². The topological polar surface area (TPSA) is 50.6 Å². The summed E-state index contributed by atoms with van der Waals surface area (Å²) in [5.74, 6) is -0.747. The van der Waals surface area contributed by atoms with Gasteiger partial charge in [0.25, 0.3) is 0 Å². The van der Waals surface area contributed by atoms with Crippen molar-refractivity contribution in [2.24, 2.45) is 11.8 Å². The lowest BCUT2D eigenvalue weighted by Gasteiger charge is -2.38. The van der Waals surface area contributed by atoms with Crippen molar-refractivity contribution in [2.75, 3.05) is 33.8 Å². The monoisotopic (exact) mass is 418 g/mol. The lowest BCUT2D eigenvalue weighted by atomic mass is 9.77. The number of carbonyl (C=O) groups excluding carboxylic acids is 1. The summed E-state index contributed by atoms with van der Waals surface area (Å²) >= 11 is 0.